The summed E-state index contributed by atoms with van der Waals surface area (Å²) in [6.07, 6.45) is 1.89. The number of hydrogen-bond donors (Lipinski definition) is 0. The smallest absolute Gasteiger partial charge is 0.254 e. The van der Waals surface area contributed by atoms with Gasteiger partial charge in [0.25, 0.3) is 5.91 Å². The first kappa shape index (κ1) is 14.8. The summed E-state index contributed by atoms with van der Waals surface area (Å²) >= 11 is 0. The van der Waals surface area contributed by atoms with Gasteiger partial charge in [-0.2, -0.15) is 0 Å². The summed E-state index contributed by atoms with van der Waals surface area (Å²) in [6, 6.07) is 11.5. The molecular weight excluding hydrogens is 304 g/mol. The molecule has 0 fully saturated rings. The number of hydrogen-bond acceptors (Lipinski definition) is 4. The molecule has 0 bridgehead atoms. The van der Waals surface area contributed by atoms with Crippen molar-refractivity contribution >= 4 is 12.1 Å². The first-order chi connectivity index (χ1) is 11.7. The summed E-state index contributed by atoms with van der Waals surface area (Å²) in [5.74, 6) is 1.29. The Bertz CT molecular complexity index is 829. The lowest BCUT2D eigenvalue weighted by molar-refractivity contribution is 0.0783. The highest BCUT2D eigenvalue weighted by molar-refractivity contribution is 5.95. The molecule has 0 atom stereocenters. The van der Waals surface area contributed by atoms with Crippen LogP contribution >= 0.6 is 0 Å². The van der Waals surface area contributed by atoms with Crippen molar-refractivity contribution in [2.24, 2.45) is 4.99 Å². The van der Waals surface area contributed by atoms with Crippen LogP contribution in [0.3, 0.4) is 0 Å². The molecule has 0 unspecified atom stereocenters. The molecule has 2 heterocycles. The van der Waals surface area contributed by atoms with Crippen molar-refractivity contribution in [1.82, 2.24) is 4.90 Å². The monoisotopic (exact) mass is 322 g/mol. The molecule has 2 aromatic rings. The summed E-state index contributed by atoms with van der Waals surface area (Å²) in [4.78, 5) is 18.8. The van der Waals surface area contributed by atoms with Crippen molar-refractivity contribution in [1.29, 1.82) is 0 Å². The van der Waals surface area contributed by atoms with Crippen molar-refractivity contribution in [2.45, 2.75) is 13.1 Å². The summed E-state index contributed by atoms with van der Waals surface area (Å²) in [6.45, 7) is 2.30. The van der Waals surface area contributed by atoms with E-state index in [2.05, 4.69) is 17.1 Å². The number of carbonyl (C=O) groups excluding carboxylic acids is 1. The third kappa shape index (κ3) is 2.62. The van der Waals surface area contributed by atoms with Crippen LogP contribution in [0.4, 0.5) is 0 Å². The lowest BCUT2D eigenvalue weighted by Crippen LogP contribution is -2.27. The Morgan fingerprint density at radius 1 is 1.17 bits per heavy atom. The molecule has 4 rings (SSSR count). The minimum atomic E-state index is -0.0384. The van der Waals surface area contributed by atoms with Crippen molar-refractivity contribution in [2.75, 3.05) is 20.3 Å². The van der Waals surface area contributed by atoms with Gasteiger partial charge in [0.05, 0.1) is 6.54 Å². The fraction of sp³-hybridized carbons (Fsp3) is 0.263. The first-order valence-electron chi connectivity index (χ1n) is 7.98. The maximum absolute atomic E-state index is 12.7. The predicted molar refractivity (Wildman–Crippen MR) is 91.0 cm³/mol. The van der Waals surface area contributed by atoms with Gasteiger partial charge >= 0.3 is 0 Å². The maximum Gasteiger partial charge on any atom is 0.254 e. The normalized spacial score (nSPS) is 14.4. The van der Waals surface area contributed by atoms with Crippen LogP contribution in [0.1, 0.15) is 27.0 Å². The van der Waals surface area contributed by atoms with Crippen LogP contribution in [0.5, 0.6) is 11.5 Å². The SMILES string of the molecule is CN(Cc1cccc2c1CN=C2)C(=O)c1ccc2c(c1)OCCO2. The molecule has 5 nitrogen and oxygen atoms in total. The van der Waals surface area contributed by atoms with Gasteiger partial charge in [0.1, 0.15) is 13.2 Å². The highest BCUT2D eigenvalue weighted by Crippen LogP contribution is 2.31. The average Bonchev–Trinajstić information content (AvgIpc) is 3.10. The fourth-order valence-electron chi connectivity index (χ4n) is 3.08. The van der Waals surface area contributed by atoms with Gasteiger partial charge in [-0.1, -0.05) is 18.2 Å². The number of rotatable bonds is 3. The number of benzene rings is 2. The second kappa shape index (κ2) is 6.00. The number of ether oxygens (including phenoxy) is 2. The molecular formula is C19H18N2O3. The Kier molecular flexibility index (Phi) is 3.69. The largest absolute Gasteiger partial charge is 0.486 e. The average molecular weight is 322 g/mol. The van der Waals surface area contributed by atoms with E-state index in [0.717, 1.165) is 11.1 Å². The standard InChI is InChI=1S/C19H18N2O3/c1-21(12-15-4-2-3-14-10-20-11-16(14)15)19(22)13-5-6-17-18(9-13)24-8-7-23-17/h2-6,9-10H,7-8,11-12H2,1H3. The predicted octanol–water partition coefficient (Wildman–Crippen LogP) is 2.66. The van der Waals surface area contributed by atoms with Crippen LogP contribution in [0, 0.1) is 0 Å². The van der Waals surface area contributed by atoms with E-state index in [9.17, 15) is 4.79 Å². The molecule has 0 aliphatic carbocycles. The van der Waals surface area contributed by atoms with Crippen molar-refractivity contribution in [3.63, 3.8) is 0 Å². The number of fused-ring (bicyclic) bond motifs is 2. The van der Waals surface area contributed by atoms with E-state index in [1.807, 2.05) is 19.3 Å². The van der Waals surface area contributed by atoms with Crippen LogP contribution in [0.25, 0.3) is 0 Å². The van der Waals surface area contributed by atoms with Gasteiger partial charge in [-0.15, -0.1) is 0 Å². The molecule has 24 heavy (non-hydrogen) atoms. The lowest BCUT2D eigenvalue weighted by Gasteiger charge is -2.21. The Morgan fingerprint density at radius 3 is 2.88 bits per heavy atom. The van der Waals surface area contributed by atoms with Gasteiger partial charge in [0.2, 0.25) is 0 Å². The lowest BCUT2D eigenvalue weighted by atomic mass is 10.0. The first-order valence-corrected chi connectivity index (χ1v) is 7.98. The van der Waals surface area contributed by atoms with E-state index in [4.69, 9.17) is 9.47 Å². The third-order valence-electron chi connectivity index (χ3n) is 4.33. The summed E-state index contributed by atoms with van der Waals surface area (Å²) in [5, 5.41) is 0. The highest BCUT2D eigenvalue weighted by Gasteiger charge is 2.19. The summed E-state index contributed by atoms with van der Waals surface area (Å²) in [5.41, 5.74) is 4.09. The van der Waals surface area contributed by atoms with Crippen LogP contribution < -0.4 is 9.47 Å². The second-order valence-electron chi connectivity index (χ2n) is 5.97. The number of nitrogens with zero attached hydrogens (tertiary/aromatic N) is 2. The molecule has 5 heteroatoms. The van der Waals surface area contributed by atoms with Crippen molar-refractivity contribution in [3.8, 4) is 11.5 Å². The zero-order valence-corrected chi connectivity index (χ0v) is 13.5. The van der Waals surface area contributed by atoms with Gasteiger partial charge in [0, 0.05) is 25.4 Å². The van der Waals surface area contributed by atoms with Crippen molar-refractivity contribution in [3.05, 3.63) is 58.7 Å². The fourth-order valence-corrected chi connectivity index (χ4v) is 3.08. The van der Waals surface area contributed by atoms with Gasteiger partial charge in [-0.25, -0.2) is 0 Å². The van der Waals surface area contributed by atoms with Gasteiger partial charge < -0.3 is 14.4 Å². The van der Waals surface area contributed by atoms with Crippen LogP contribution in [-0.2, 0) is 13.1 Å². The maximum atomic E-state index is 12.7. The van der Waals surface area contributed by atoms with Crippen LogP contribution in [0.2, 0.25) is 0 Å². The summed E-state index contributed by atoms with van der Waals surface area (Å²) < 4.78 is 11.1. The Morgan fingerprint density at radius 2 is 2.00 bits per heavy atom. The summed E-state index contributed by atoms with van der Waals surface area (Å²) in [7, 11) is 1.81. The van der Waals surface area contributed by atoms with E-state index >= 15 is 0 Å². The number of carbonyl (C=O) groups is 1. The molecule has 0 radical (unpaired) electrons. The van der Waals surface area contributed by atoms with Crippen LogP contribution in [0.15, 0.2) is 41.4 Å². The zero-order valence-electron chi connectivity index (χ0n) is 13.5. The molecule has 2 aliphatic heterocycles. The van der Waals surface area contributed by atoms with Gasteiger partial charge in [-0.05, 0) is 34.9 Å². The molecule has 1 amide bonds. The minimum Gasteiger partial charge on any atom is -0.486 e. The number of aliphatic imine (C=N–C) groups is 1. The molecule has 2 aliphatic rings. The quantitative estimate of drug-likeness (QED) is 0.873. The zero-order chi connectivity index (χ0) is 16.5. The molecule has 0 spiro atoms. The van der Waals surface area contributed by atoms with E-state index in [1.54, 1.807) is 23.1 Å². The van der Waals surface area contributed by atoms with E-state index < -0.39 is 0 Å². The van der Waals surface area contributed by atoms with E-state index in [1.165, 1.54) is 5.56 Å². The van der Waals surface area contributed by atoms with Crippen LogP contribution in [-0.4, -0.2) is 37.3 Å². The Labute approximate surface area is 140 Å². The third-order valence-corrected chi connectivity index (χ3v) is 4.33. The number of amides is 1. The minimum absolute atomic E-state index is 0.0384. The Hall–Kier alpha value is -2.82. The molecule has 0 N–H and O–H groups in total. The van der Waals surface area contributed by atoms with Gasteiger partial charge in [-0.3, -0.25) is 9.79 Å². The molecule has 0 aromatic heterocycles. The Balaban J connectivity index is 1.54. The second-order valence-corrected chi connectivity index (χ2v) is 5.97. The van der Waals surface area contributed by atoms with E-state index in [-0.39, 0.29) is 5.91 Å². The molecule has 2 aromatic carbocycles. The van der Waals surface area contributed by atoms with E-state index in [0.29, 0.717) is 43.4 Å². The molecule has 122 valence electrons. The highest BCUT2D eigenvalue weighted by atomic mass is 16.6. The molecule has 0 saturated heterocycles. The van der Waals surface area contributed by atoms with Crippen molar-refractivity contribution < 1.29 is 14.3 Å². The molecule has 0 saturated carbocycles. The van der Waals surface area contributed by atoms with Gasteiger partial charge in [0.15, 0.2) is 11.5 Å². The topological polar surface area (TPSA) is 51.1 Å².